The van der Waals surface area contributed by atoms with Gasteiger partial charge in [-0.05, 0) is 45.2 Å². The lowest BCUT2D eigenvalue weighted by molar-refractivity contribution is -0.123. The number of aryl methyl sites for hydroxylation is 2. The number of carbonyl (C=O) groups is 3. The van der Waals surface area contributed by atoms with Gasteiger partial charge in [-0.1, -0.05) is 0 Å². The lowest BCUT2D eigenvalue weighted by Gasteiger charge is -2.39. The lowest BCUT2D eigenvalue weighted by Crippen LogP contribution is -2.44. The summed E-state index contributed by atoms with van der Waals surface area (Å²) >= 11 is 0. The van der Waals surface area contributed by atoms with Gasteiger partial charge in [0.05, 0.1) is 12.0 Å². The Hall–Kier alpha value is -2.42. The van der Waals surface area contributed by atoms with E-state index in [0.29, 0.717) is 5.41 Å². The Morgan fingerprint density at radius 1 is 1.12 bits per heavy atom. The van der Waals surface area contributed by atoms with Crippen molar-refractivity contribution in [2.75, 3.05) is 33.2 Å². The highest BCUT2D eigenvalue weighted by Crippen LogP contribution is 2.39. The smallest absolute Gasteiger partial charge is 0.290 e. The van der Waals surface area contributed by atoms with Crippen LogP contribution in [0.4, 0.5) is 0 Å². The molecule has 3 heterocycles. The van der Waals surface area contributed by atoms with Crippen LogP contribution in [0.25, 0.3) is 0 Å². The zero-order chi connectivity index (χ0) is 19.7. The van der Waals surface area contributed by atoms with E-state index in [4.69, 9.17) is 19.8 Å². The fourth-order valence-electron chi connectivity index (χ4n) is 3.75. The molecule has 1 spiro atoms. The minimum atomic E-state index is -0.250. The van der Waals surface area contributed by atoms with Crippen LogP contribution in [0.2, 0.25) is 0 Å². The van der Waals surface area contributed by atoms with Crippen molar-refractivity contribution in [2.45, 2.75) is 26.2 Å². The molecule has 0 unspecified atom stereocenters. The normalized spacial score (nSPS) is 18.3. The summed E-state index contributed by atoms with van der Waals surface area (Å²) in [4.78, 5) is 38.0. The molecule has 0 bridgehead atoms. The molecule has 1 amide bonds. The molecule has 2 saturated heterocycles. The molecule has 0 aliphatic carbocycles. The van der Waals surface area contributed by atoms with E-state index >= 15 is 0 Å². The van der Waals surface area contributed by atoms with Crippen molar-refractivity contribution >= 4 is 18.9 Å². The van der Waals surface area contributed by atoms with Crippen LogP contribution in [0.15, 0.2) is 6.33 Å². The molecule has 146 valence electrons. The molecule has 0 atom stereocenters. The quantitative estimate of drug-likeness (QED) is 0.701. The number of imidazole rings is 1. The number of amides is 1. The van der Waals surface area contributed by atoms with Gasteiger partial charge in [-0.2, -0.15) is 0 Å². The summed E-state index contributed by atoms with van der Waals surface area (Å²) in [5.74, 6) is 0.142. The van der Waals surface area contributed by atoms with E-state index in [9.17, 15) is 4.79 Å². The fraction of sp³-hybridized carbons (Fsp3) is 0.647. The Morgan fingerprint density at radius 2 is 1.62 bits per heavy atom. The van der Waals surface area contributed by atoms with E-state index in [1.165, 1.54) is 19.5 Å². The first-order chi connectivity index (χ1) is 12.3. The second-order valence-corrected chi connectivity index (χ2v) is 6.78. The number of rotatable bonds is 1. The van der Waals surface area contributed by atoms with Crippen LogP contribution in [-0.2, 0) is 16.6 Å². The predicted molar refractivity (Wildman–Crippen MR) is 95.0 cm³/mol. The minimum Gasteiger partial charge on any atom is -0.483 e. The number of aromatic nitrogens is 2. The highest BCUT2D eigenvalue weighted by molar-refractivity contribution is 5.93. The van der Waals surface area contributed by atoms with Crippen molar-refractivity contribution in [1.29, 1.82) is 0 Å². The van der Waals surface area contributed by atoms with E-state index in [2.05, 4.69) is 16.9 Å². The van der Waals surface area contributed by atoms with E-state index < -0.39 is 0 Å². The SMILES string of the molecule is Cc1ncn(C)c1C(=O)N1CCC2(CCN(C)C2)CC1.O=CO.O=CO. The maximum Gasteiger partial charge on any atom is 0.290 e. The van der Waals surface area contributed by atoms with E-state index in [-0.39, 0.29) is 18.9 Å². The van der Waals surface area contributed by atoms with Crippen molar-refractivity contribution in [3.8, 4) is 0 Å². The van der Waals surface area contributed by atoms with Crippen LogP contribution in [-0.4, -0.2) is 81.6 Å². The zero-order valence-electron chi connectivity index (χ0n) is 15.6. The summed E-state index contributed by atoms with van der Waals surface area (Å²) in [5, 5.41) is 13.8. The molecular weight excluding hydrogens is 340 g/mol. The maximum atomic E-state index is 12.6. The molecule has 2 fully saturated rings. The van der Waals surface area contributed by atoms with Gasteiger partial charge in [0, 0.05) is 26.7 Å². The van der Waals surface area contributed by atoms with Gasteiger partial charge < -0.3 is 24.6 Å². The molecule has 0 radical (unpaired) electrons. The molecule has 9 nitrogen and oxygen atoms in total. The third-order valence-electron chi connectivity index (χ3n) is 5.06. The first kappa shape index (κ1) is 21.6. The standard InChI is InChI=1S/C15H24N4O.2CH2O2/c1-12-13(18(3)11-16-12)14(20)19-8-5-15(6-9-19)4-7-17(2)10-15;2*2-1-3/h11H,4-10H2,1-3H3;2*1H,(H,2,3). The topological polar surface area (TPSA) is 116 Å². The van der Waals surface area contributed by atoms with Crippen molar-refractivity contribution in [3.05, 3.63) is 17.7 Å². The van der Waals surface area contributed by atoms with Gasteiger partial charge in [0.15, 0.2) is 0 Å². The van der Waals surface area contributed by atoms with Gasteiger partial charge in [-0.3, -0.25) is 14.4 Å². The van der Waals surface area contributed by atoms with E-state index in [0.717, 1.165) is 37.3 Å². The number of carbonyl (C=O) groups excluding carboxylic acids is 1. The highest BCUT2D eigenvalue weighted by atomic mass is 16.3. The van der Waals surface area contributed by atoms with Gasteiger partial charge in [0.2, 0.25) is 0 Å². The summed E-state index contributed by atoms with van der Waals surface area (Å²) in [7, 11) is 4.09. The number of likely N-dealkylation sites (tertiary alicyclic amines) is 2. The molecule has 0 saturated carbocycles. The third-order valence-corrected chi connectivity index (χ3v) is 5.06. The molecule has 2 aliphatic heterocycles. The van der Waals surface area contributed by atoms with Gasteiger partial charge in [-0.25, -0.2) is 4.98 Å². The van der Waals surface area contributed by atoms with Gasteiger partial charge in [0.25, 0.3) is 18.9 Å². The molecule has 3 rings (SSSR count). The van der Waals surface area contributed by atoms with Crippen molar-refractivity contribution in [3.63, 3.8) is 0 Å². The largest absolute Gasteiger partial charge is 0.483 e. The molecular formula is C17H28N4O5. The summed E-state index contributed by atoms with van der Waals surface area (Å²) < 4.78 is 1.84. The Kier molecular flexibility index (Phi) is 8.24. The van der Waals surface area contributed by atoms with Crippen molar-refractivity contribution in [2.24, 2.45) is 12.5 Å². The summed E-state index contributed by atoms with van der Waals surface area (Å²) in [6, 6.07) is 0. The molecule has 2 N–H and O–H groups in total. The summed E-state index contributed by atoms with van der Waals surface area (Å²) in [6.07, 6.45) is 5.29. The first-order valence-electron chi connectivity index (χ1n) is 8.45. The van der Waals surface area contributed by atoms with Crippen molar-refractivity contribution < 1.29 is 24.6 Å². The van der Waals surface area contributed by atoms with Gasteiger partial charge in [0.1, 0.15) is 5.69 Å². The van der Waals surface area contributed by atoms with Crippen LogP contribution in [0.1, 0.15) is 35.4 Å². The Bertz CT molecular complexity index is 583. The maximum absolute atomic E-state index is 12.6. The minimum absolute atomic E-state index is 0.142. The summed E-state index contributed by atoms with van der Waals surface area (Å²) in [5.41, 5.74) is 2.04. The molecule has 1 aromatic rings. The van der Waals surface area contributed by atoms with E-state index in [1.54, 1.807) is 6.33 Å². The monoisotopic (exact) mass is 368 g/mol. The molecule has 9 heteroatoms. The zero-order valence-corrected chi connectivity index (χ0v) is 15.6. The second kappa shape index (κ2) is 9.91. The fourth-order valence-corrected chi connectivity index (χ4v) is 3.75. The van der Waals surface area contributed by atoms with Crippen LogP contribution in [0.3, 0.4) is 0 Å². The van der Waals surface area contributed by atoms with Crippen LogP contribution in [0.5, 0.6) is 0 Å². The first-order valence-corrected chi connectivity index (χ1v) is 8.45. The lowest BCUT2D eigenvalue weighted by atomic mass is 9.77. The van der Waals surface area contributed by atoms with Gasteiger partial charge >= 0.3 is 0 Å². The Balaban J connectivity index is 0.000000499. The average molecular weight is 368 g/mol. The third kappa shape index (κ3) is 5.29. The van der Waals surface area contributed by atoms with Crippen molar-refractivity contribution in [1.82, 2.24) is 19.4 Å². The van der Waals surface area contributed by atoms with Crippen LogP contribution >= 0.6 is 0 Å². The number of nitrogens with zero attached hydrogens (tertiary/aromatic N) is 4. The average Bonchev–Trinajstić information content (AvgIpc) is 3.12. The van der Waals surface area contributed by atoms with Gasteiger partial charge in [-0.15, -0.1) is 0 Å². The molecule has 0 aromatic carbocycles. The second-order valence-electron chi connectivity index (χ2n) is 6.78. The summed E-state index contributed by atoms with van der Waals surface area (Å²) in [6.45, 7) is 5.58. The molecule has 2 aliphatic rings. The molecule has 1 aromatic heterocycles. The number of carboxylic acid groups (broad SMARTS) is 2. The predicted octanol–water partition coefficient (Wildman–Crippen LogP) is 0.688. The van der Waals surface area contributed by atoms with E-state index in [1.807, 2.05) is 23.4 Å². The number of hydrogen-bond acceptors (Lipinski definition) is 5. The number of piperidine rings is 1. The highest BCUT2D eigenvalue weighted by Gasteiger charge is 2.40. The molecule has 26 heavy (non-hydrogen) atoms. The number of hydrogen-bond donors (Lipinski definition) is 2. The van der Waals surface area contributed by atoms with Crippen LogP contribution in [0, 0.1) is 12.3 Å². The Labute approximate surface area is 153 Å². The van der Waals surface area contributed by atoms with Crippen LogP contribution < -0.4 is 0 Å². The Morgan fingerprint density at radius 3 is 2.00 bits per heavy atom.